The molecule has 2 unspecified atom stereocenters. The first-order chi connectivity index (χ1) is 18.3. The summed E-state index contributed by atoms with van der Waals surface area (Å²) >= 11 is 0. The minimum absolute atomic E-state index is 0.0992. The van der Waals surface area contributed by atoms with E-state index in [1.165, 1.54) is 22.1 Å². The van der Waals surface area contributed by atoms with Crippen LogP contribution < -0.4 is 15.1 Å². The van der Waals surface area contributed by atoms with Crippen LogP contribution in [0.4, 0.5) is 20.7 Å². The molecule has 2 aromatic rings. The van der Waals surface area contributed by atoms with Gasteiger partial charge in [-0.1, -0.05) is 6.08 Å². The number of amides is 2. The molecule has 13 heteroatoms. The number of cyclic esters (lactones) is 1. The van der Waals surface area contributed by atoms with Gasteiger partial charge in [0.2, 0.25) is 0 Å². The van der Waals surface area contributed by atoms with Gasteiger partial charge in [-0.05, 0) is 37.3 Å². The fraction of sp³-hybridized carbons (Fsp3) is 0.320. The number of aliphatic hydroxyl groups is 2. The highest BCUT2D eigenvalue weighted by Crippen LogP contribution is 2.29. The Morgan fingerprint density at radius 1 is 1.45 bits per heavy atom. The standard InChI is InChI=1S/C25H30FN7O5/c1-3-9-32(28-2)13-19-14-33(25(37)38-19)18-5-6-20(21(26)11-18)17-4-7-23(30-12-17)31(16-27)10-8-29-24(36)22(35)15-34/h3-7,9,11-12,16,19,22,27,34-35H,2,8,10,13-15H2,1H3,(H,29,36)/b9-3-,27-16?. The molecular formula is C25H30FN7O5. The van der Waals surface area contributed by atoms with Crippen LogP contribution in [0.25, 0.3) is 11.1 Å². The highest BCUT2D eigenvalue weighted by molar-refractivity contribution is 5.90. The first-order valence-corrected chi connectivity index (χ1v) is 11.7. The molecule has 1 fully saturated rings. The number of rotatable bonds is 13. The zero-order valence-electron chi connectivity index (χ0n) is 20.8. The molecule has 0 bridgehead atoms. The van der Waals surface area contributed by atoms with Crippen LogP contribution in [-0.2, 0) is 9.53 Å². The topological polar surface area (TPSA) is 155 Å². The summed E-state index contributed by atoms with van der Waals surface area (Å²) in [5.41, 5.74) is 1.12. The fourth-order valence-corrected chi connectivity index (χ4v) is 3.74. The molecule has 4 N–H and O–H groups in total. The number of pyridine rings is 1. The Hall–Kier alpha value is -4.36. The van der Waals surface area contributed by atoms with Gasteiger partial charge < -0.3 is 25.2 Å². The predicted octanol–water partition coefficient (Wildman–Crippen LogP) is 1.55. The molecule has 1 aromatic heterocycles. The number of carbonyl (C=O) groups excluding carboxylic acids is 2. The van der Waals surface area contributed by atoms with E-state index in [0.29, 0.717) is 23.6 Å². The summed E-state index contributed by atoms with van der Waals surface area (Å²) in [7, 11) is 0. The number of aliphatic hydroxyl groups excluding tert-OH is 2. The molecule has 1 aromatic carbocycles. The number of benzene rings is 1. The van der Waals surface area contributed by atoms with Crippen molar-refractivity contribution in [3.63, 3.8) is 0 Å². The van der Waals surface area contributed by atoms with Crippen molar-refractivity contribution in [1.29, 1.82) is 5.41 Å². The van der Waals surface area contributed by atoms with Gasteiger partial charge in [0.15, 0.2) is 6.10 Å². The first kappa shape index (κ1) is 28.2. The fourth-order valence-electron chi connectivity index (χ4n) is 3.74. The summed E-state index contributed by atoms with van der Waals surface area (Å²) in [5.74, 6) is -0.878. The molecule has 1 saturated heterocycles. The summed E-state index contributed by atoms with van der Waals surface area (Å²) < 4.78 is 20.5. The Bertz CT molecular complexity index is 1180. The molecule has 1 aliphatic rings. The SMILES string of the molecule is C=NN(/C=C\C)CC1CN(c2ccc(-c3ccc(N(C=N)CCNC(=O)C(O)CO)nc3)c(F)c2)C(=O)O1. The van der Waals surface area contributed by atoms with Crippen molar-refractivity contribution in [2.45, 2.75) is 19.1 Å². The van der Waals surface area contributed by atoms with Crippen molar-refractivity contribution in [2.24, 2.45) is 5.10 Å². The Balaban J connectivity index is 1.65. The lowest BCUT2D eigenvalue weighted by Crippen LogP contribution is -2.41. The van der Waals surface area contributed by atoms with Crippen LogP contribution in [0.3, 0.4) is 0 Å². The van der Waals surface area contributed by atoms with Gasteiger partial charge in [-0.3, -0.25) is 20.1 Å². The average molecular weight is 528 g/mol. The first-order valence-electron chi connectivity index (χ1n) is 11.7. The molecular weight excluding hydrogens is 497 g/mol. The Kier molecular flexibility index (Phi) is 9.85. The normalized spacial score (nSPS) is 15.7. The van der Waals surface area contributed by atoms with Gasteiger partial charge in [0.05, 0.1) is 31.7 Å². The number of hydrogen-bond donors (Lipinski definition) is 4. The van der Waals surface area contributed by atoms with Gasteiger partial charge >= 0.3 is 6.09 Å². The number of ether oxygens (including phenoxy) is 1. The number of anilines is 2. The molecule has 1 aliphatic heterocycles. The largest absolute Gasteiger partial charge is 0.442 e. The minimum Gasteiger partial charge on any atom is -0.442 e. The van der Waals surface area contributed by atoms with E-state index in [1.807, 2.05) is 6.92 Å². The van der Waals surface area contributed by atoms with Crippen molar-refractivity contribution in [3.05, 3.63) is 54.6 Å². The van der Waals surface area contributed by atoms with E-state index < -0.39 is 36.6 Å². The summed E-state index contributed by atoms with van der Waals surface area (Å²) in [6.07, 6.45) is 3.42. The monoisotopic (exact) mass is 527 g/mol. The number of nitrogens with one attached hydrogen (secondary N) is 2. The lowest BCUT2D eigenvalue weighted by Gasteiger charge is -2.19. The van der Waals surface area contributed by atoms with Crippen LogP contribution in [0.15, 0.2) is 53.9 Å². The van der Waals surface area contributed by atoms with Crippen LogP contribution in [0.5, 0.6) is 0 Å². The third-order valence-corrected chi connectivity index (χ3v) is 5.67. The van der Waals surface area contributed by atoms with E-state index in [4.69, 9.17) is 15.3 Å². The zero-order valence-corrected chi connectivity index (χ0v) is 20.8. The Morgan fingerprint density at radius 3 is 2.84 bits per heavy atom. The van der Waals surface area contributed by atoms with Crippen molar-refractivity contribution >= 4 is 36.6 Å². The predicted molar refractivity (Wildman–Crippen MR) is 141 cm³/mol. The molecule has 12 nitrogen and oxygen atoms in total. The number of carbonyl (C=O) groups is 2. The lowest BCUT2D eigenvalue weighted by molar-refractivity contribution is -0.131. The van der Waals surface area contributed by atoms with Crippen molar-refractivity contribution < 1.29 is 28.9 Å². The molecule has 38 heavy (non-hydrogen) atoms. The second-order valence-electron chi connectivity index (χ2n) is 8.24. The third kappa shape index (κ3) is 6.89. The van der Waals surface area contributed by atoms with Crippen LogP contribution in [-0.4, -0.2) is 90.3 Å². The van der Waals surface area contributed by atoms with Gasteiger partial charge in [-0.2, -0.15) is 5.10 Å². The highest BCUT2D eigenvalue weighted by atomic mass is 19.1. The van der Waals surface area contributed by atoms with E-state index in [9.17, 15) is 14.7 Å². The highest BCUT2D eigenvalue weighted by Gasteiger charge is 2.33. The van der Waals surface area contributed by atoms with Crippen LogP contribution in [0.1, 0.15) is 6.92 Å². The average Bonchev–Trinajstić information content (AvgIpc) is 3.30. The summed E-state index contributed by atoms with van der Waals surface area (Å²) in [5, 5.41) is 33.5. The molecule has 202 valence electrons. The Morgan fingerprint density at radius 2 is 2.24 bits per heavy atom. The number of halogens is 1. The number of aromatic nitrogens is 1. The number of nitrogens with zero attached hydrogens (tertiary/aromatic N) is 5. The van der Waals surface area contributed by atoms with Gasteiger partial charge in [-0.25, -0.2) is 14.2 Å². The molecule has 0 aliphatic carbocycles. The van der Waals surface area contributed by atoms with Crippen molar-refractivity contribution in [3.8, 4) is 11.1 Å². The van der Waals surface area contributed by atoms with E-state index in [-0.39, 0.29) is 25.2 Å². The molecule has 2 atom stereocenters. The molecule has 0 radical (unpaired) electrons. The Labute approximate surface area is 219 Å². The van der Waals surface area contributed by atoms with Gasteiger partial charge in [-0.15, -0.1) is 0 Å². The van der Waals surface area contributed by atoms with E-state index in [2.05, 4.69) is 22.1 Å². The van der Waals surface area contributed by atoms with E-state index >= 15 is 4.39 Å². The van der Waals surface area contributed by atoms with E-state index in [0.717, 1.165) is 6.34 Å². The lowest BCUT2D eigenvalue weighted by atomic mass is 10.1. The summed E-state index contributed by atoms with van der Waals surface area (Å²) in [4.78, 5) is 31.0. The molecule has 2 amide bonds. The van der Waals surface area contributed by atoms with Gasteiger partial charge in [0.1, 0.15) is 17.7 Å². The van der Waals surface area contributed by atoms with Gasteiger partial charge in [0, 0.05) is 43.3 Å². The van der Waals surface area contributed by atoms with Crippen LogP contribution in [0.2, 0.25) is 0 Å². The zero-order chi connectivity index (χ0) is 27.7. The maximum Gasteiger partial charge on any atom is 0.414 e. The number of allylic oxidation sites excluding steroid dienone is 1. The molecule has 3 rings (SSSR count). The summed E-state index contributed by atoms with van der Waals surface area (Å²) in [6, 6.07) is 7.68. The molecule has 0 spiro atoms. The maximum absolute atomic E-state index is 15.1. The molecule has 2 heterocycles. The minimum atomic E-state index is -1.51. The van der Waals surface area contributed by atoms with Crippen molar-refractivity contribution in [2.75, 3.05) is 42.6 Å². The quantitative estimate of drug-likeness (QED) is 0.174. The van der Waals surface area contributed by atoms with E-state index in [1.54, 1.807) is 41.6 Å². The summed E-state index contributed by atoms with van der Waals surface area (Å²) in [6.45, 7) is 5.47. The van der Waals surface area contributed by atoms with Gasteiger partial charge in [0.25, 0.3) is 5.91 Å². The van der Waals surface area contributed by atoms with Crippen LogP contribution >= 0.6 is 0 Å². The second kappa shape index (κ2) is 13.3. The smallest absolute Gasteiger partial charge is 0.414 e. The van der Waals surface area contributed by atoms with Crippen LogP contribution in [0, 0.1) is 11.2 Å². The number of hydrogen-bond acceptors (Lipinski definition) is 9. The third-order valence-electron chi connectivity index (χ3n) is 5.67. The second-order valence-corrected chi connectivity index (χ2v) is 8.24. The maximum atomic E-state index is 15.1. The van der Waals surface area contributed by atoms with Crippen molar-refractivity contribution in [1.82, 2.24) is 15.3 Å². The molecule has 0 saturated carbocycles. The number of hydrazone groups is 1.